The van der Waals surface area contributed by atoms with E-state index in [1.54, 1.807) is 7.05 Å². The second-order valence-corrected chi connectivity index (χ2v) is 8.42. The van der Waals surface area contributed by atoms with E-state index in [9.17, 15) is 14.4 Å². The van der Waals surface area contributed by atoms with Crippen LogP contribution in [0.3, 0.4) is 0 Å². The van der Waals surface area contributed by atoms with Crippen molar-refractivity contribution in [1.82, 2.24) is 9.80 Å². The second kappa shape index (κ2) is 8.24. The topological polar surface area (TPSA) is 73.0 Å². The minimum Gasteiger partial charge on any atom is -0.367 e. The van der Waals surface area contributed by atoms with Crippen molar-refractivity contribution in [1.29, 1.82) is 0 Å². The first-order valence-electron chi connectivity index (χ1n) is 9.77. The van der Waals surface area contributed by atoms with Crippen LogP contribution < -0.4 is 10.2 Å². The standard InChI is InChI=1S/C21H24N4O3S/c1-23-14-20(27)25(21(23)28)10-2-3-19(26)22-16-4-6-17(7-5-16)24-11-8-18-15(13-24)9-12-29-18/h4-7,9,12H,2-3,8,10-11,13-14H2,1H3,(H,22,26). The molecule has 1 N–H and O–H groups in total. The molecule has 3 heterocycles. The Labute approximate surface area is 173 Å². The quantitative estimate of drug-likeness (QED) is 0.741. The number of carbonyl (C=O) groups is 3. The van der Waals surface area contributed by atoms with Gasteiger partial charge in [0, 0.05) is 49.4 Å². The number of urea groups is 1. The van der Waals surface area contributed by atoms with Crippen molar-refractivity contribution in [2.24, 2.45) is 0 Å². The lowest BCUT2D eigenvalue weighted by Crippen LogP contribution is -2.32. The first-order chi connectivity index (χ1) is 14.0. The molecule has 7 nitrogen and oxygen atoms in total. The summed E-state index contributed by atoms with van der Waals surface area (Å²) in [5.41, 5.74) is 3.30. The molecular formula is C21H24N4O3S. The monoisotopic (exact) mass is 412 g/mol. The van der Waals surface area contributed by atoms with Crippen LogP contribution in [0.2, 0.25) is 0 Å². The van der Waals surface area contributed by atoms with Gasteiger partial charge in [-0.25, -0.2) is 4.79 Å². The molecule has 2 aliphatic rings. The molecule has 4 rings (SSSR count). The highest BCUT2D eigenvalue weighted by Gasteiger charge is 2.32. The van der Waals surface area contributed by atoms with Crippen LogP contribution in [0.25, 0.3) is 0 Å². The fraction of sp³-hybridized carbons (Fsp3) is 0.381. The van der Waals surface area contributed by atoms with Crippen molar-refractivity contribution in [3.63, 3.8) is 0 Å². The Morgan fingerprint density at radius 3 is 2.66 bits per heavy atom. The number of fused-ring (bicyclic) bond motifs is 1. The van der Waals surface area contributed by atoms with E-state index in [-0.39, 0.29) is 37.4 Å². The zero-order chi connectivity index (χ0) is 20.4. The summed E-state index contributed by atoms with van der Waals surface area (Å²) >= 11 is 1.83. The van der Waals surface area contributed by atoms with Crippen molar-refractivity contribution >= 4 is 40.6 Å². The predicted molar refractivity (Wildman–Crippen MR) is 113 cm³/mol. The molecule has 2 aliphatic heterocycles. The number of anilines is 2. The molecule has 2 aromatic rings. The third-order valence-electron chi connectivity index (χ3n) is 5.34. The van der Waals surface area contributed by atoms with Crippen LogP contribution in [-0.4, -0.2) is 54.3 Å². The number of benzene rings is 1. The summed E-state index contributed by atoms with van der Waals surface area (Å²) in [6, 6.07) is 9.80. The molecule has 1 saturated heterocycles. The molecular weight excluding hydrogens is 388 g/mol. The number of hydrogen-bond donors (Lipinski definition) is 1. The third kappa shape index (κ3) is 4.27. The lowest BCUT2D eigenvalue weighted by molar-refractivity contribution is -0.125. The maximum Gasteiger partial charge on any atom is 0.326 e. The summed E-state index contributed by atoms with van der Waals surface area (Å²) in [4.78, 5) is 42.2. The third-order valence-corrected chi connectivity index (χ3v) is 6.36. The normalized spacial score (nSPS) is 16.4. The lowest BCUT2D eigenvalue weighted by Gasteiger charge is -2.29. The summed E-state index contributed by atoms with van der Waals surface area (Å²) in [5, 5.41) is 5.04. The number of thiophene rings is 1. The Kier molecular flexibility index (Phi) is 5.53. The van der Waals surface area contributed by atoms with E-state index in [4.69, 9.17) is 0 Å². The maximum absolute atomic E-state index is 12.2. The second-order valence-electron chi connectivity index (χ2n) is 7.42. The number of amides is 4. The van der Waals surface area contributed by atoms with E-state index in [0.29, 0.717) is 6.42 Å². The summed E-state index contributed by atoms with van der Waals surface area (Å²) in [6.07, 6.45) is 1.78. The molecule has 0 radical (unpaired) electrons. The van der Waals surface area contributed by atoms with Crippen LogP contribution in [-0.2, 0) is 22.6 Å². The Bertz CT molecular complexity index is 924. The molecule has 0 unspecified atom stereocenters. The van der Waals surface area contributed by atoms with Gasteiger partial charge in [-0.1, -0.05) is 0 Å². The van der Waals surface area contributed by atoms with Gasteiger partial charge in [0.05, 0.1) is 0 Å². The molecule has 4 amide bonds. The largest absolute Gasteiger partial charge is 0.367 e. The minimum atomic E-state index is -0.293. The summed E-state index contributed by atoms with van der Waals surface area (Å²) in [6.45, 7) is 2.31. The minimum absolute atomic E-state index is 0.113. The van der Waals surface area contributed by atoms with Crippen LogP contribution in [0.4, 0.5) is 16.2 Å². The highest BCUT2D eigenvalue weighted by atomic mass is 32.1. The molecule has 152 valence electrons. The van der Waals surface area contributed by atoms with Crippen molar-refractivity contribution in [3.8, 4) is 0 Å². The van der Waals surface area contributed by atoms with Crippen molar-refractivity contribution in [2.45, 2.75) is 25.8 Å². The van der Waals surface area contributed by atoms with Gasteiger partial charge in [-0.05, 0) is 54.1 Å². The van der Waals surface area contributed by atoms with Crippen molar-refractivity contribution in [3.05, 3.63) is 46.2 Å². The number of rotatable bonds is 6. The molecule has 29 heavy (non-hydrogen) atoms. The summed E-state index contributed by atoms with van der Waals surface area (Å²) < 4.78 is 0. The van der Waals surface area contributed by atoms with Gasteiger partial charge < -0.3 is 15.1 Å². The lowest BCUT2D eigenvalue weighted by atomic mass is 10.1. The molecule has 0 aliphatic carbocycles. The van der Waals surface area contributed by atoms with Gasteiger partial charge in [0.15, 0.2) is 0 Å². The number of likely N-dealkylation sites (N-methyl/N-ethyl adjacent to an activating group) is 1. The first kappa shape index (κ1) is 19.4. The fourth-order valence-corrected chi connectivity index (χ4v) is 4.62. The number of nitrogens with zero attached hydrogens (tertiary/aromatic N) is 3. The van der Waals surface area contributed by atoms with Gasteiger partial charge in [0.1, 0.15) is 6.54 Å². The molecule has 0 spiro atoms. The van der Waals surface area contributed by atoms with Gasteiger partial charge >= 0.3 is 6.03 Å². The van der Waals surface area contributed by atoms with Gasteiger partial charge in [0.25, 0.3) is 0 Å². The van der Waals surface area contributed by atoms with E-state index in [2.05, 4.69) is 21.7 Å². The smallest absolute Gasteiger partial charge is 0.326 e. The Balaban J connectivity index is 1.25. The molecule has 0 bridgehead atoms. The van der Waals surface area contributed by atoms with Crippen LogP contribution in [0, 0.1) is 0 Å². The molecule has 0 saturated carbocycles. The van der Waals surface area contributed by atoms with Crippen molar-refractivity contribution < 1.29 is 14.4 Å². The van der Waals surface area contributed by atoms with E-state index in [0.717, 1.165) is 30.9 Å². The van der Waals surface area contributed by atoms with E-state index in [1.165, 1.54) is 20.2 Å². The Hall–Kier alpha value is -2.87. The average molecular weight is 413 g/mol. The molecule has 8 heteroatoms. The highest BCUT2D eigenvalue weighted by molar-refractivity contribution is 7.10. The van der Waals surface area contributed by atoms with Crippen LogP contribution in [0.1, 0.15) is 23.3 Å². The average Bonchev–Trinajstić information content (AvgIpc) is 3.27. The summed E-state index contributed by atoms with van der Waals surface area (Å²) in [5.74, 6) is -0.327. The maximum atomic E-state index is 12.2. The van der Waals surface area contributed by atoms with E-state index < -0.39 is 0 Å². The molecule has 1 fully saturated rings. The zero-order valence-corrected chi connectivity index (χ0v) is 17.2. The fourth-order valence-electron chi connectivity index (χ4n) is 3.73. The van der Waals surface area contributed by atoms with Gasteiger partial charge in [-0.2, -0.15) is 0 Å². The number of imide groups is 1. The molecule has 1 aromatic heterocycles. The Morgan fingerprint density at radius 1 is 1.14 bits per heavy atom. The van der Waals surface area contributed by atoms with Gasteiger partial charge in [0.2, 0.25) is 11.8 Å². The molecule has 0 atom stereocenters. The molecule has 1 aromatic carbocycles. The van der Waals surface area contributed by atoms with E-state index in [1.807, 2.05) is 35.6 Å². The number of carbonyl (C=O) groups excluding carboxylic acids is 3. The zero-order valence-electron chi connectivity index (χ0n) is 16.4. The highest BCUT2D eigenvalue weighted by Crippen LogP contribution is 2.28. The predicted octanol–water partition coefficient (Wildman–Crippen LogP) is 2.92. The van der Waals surface area contributed by atoms with Crippen molar-refractivity contribution in [2.75, 3.05) is 36.9 Å². The van der Waals surface area contributed by atoms with Gasteiger partial charge in [-0.15, -0.1) is 11.3 Å². The first-order valence-corrected chi connectivity index (χ1v) is 10.6. The number of hydrogen-bond acceptors (Lipinski definition) is 5. The van der Waals surface area contributed by atoms with Crippen LogP contribution in [0.15, 0.2) is 35.7 Å². The Morgan fingerprint density at radius 2 is 1.93 bits per heavy atom. The van der Waals surface area contributed by atoms with Gasteiger partial charge in [-0.3, -0.25) is 14.5 Å². The SMILES string of the molecule is CN1CC(=O)N(CCCC(=O)Nc2ccc(N3CCc4sccc4C3)cc2)C1=O. The van der Waals surface area contributed by atoms with Crippen LogP contribution >= 0.6 is 11.3 Å². The van der Waals surface area contributed by atoms with E-state index >= 15 is 0 Å². The van der Waals surface area contributed by atoms with Crippen LogP contribution in [0.5, 0.6) is 0 Å². The number of nitrogens with one attached hydrogen (secondary N) is 1. The summed E-state index contributed by atoms with van der Waals surface area (Å²) in [7, 11) is 1.60.